The summed E-state index contributed by atoms with van der Waals surface area (Å²) in [5.41, 5.74) is 4.19. The highest BCUT2D eigenvalue weighted by Gasteiger charge is 2.12. The Morgan fingerprint density at radius 3 is 2.50 bits per heavy atom. The number of hydrogen-bond acceptors (Lipinski definition) is 2. The Balaban J connectivity index is 2.60. The molecule has 0 aliphatic carbocycles. The van der Waals surface area contributed by atoms with Crippen molar-refractivity contribution >= 4 is 11.8 Å². The number of benzene rings is 1. The van der Waals surface area contributed by atoms with Crippen molar-refractivity contribution in [3.63, 3.8) is 0 Å². The molecule has 0 saturated heterocycles. The normalized spacial score (nSPS) is 14.5. The Morgan fingerprint density at radius 1 is 1.22 bits per heavy atom. The van der Waals surface area contributed by atoms with Crippen LogP contribution in [0.3, 0.4) is 0 Å². The molecule has 0 fully saturated rings. The Kier molecular flexibility index (Phi) is 6.80. The Labute approximate surface area is 117 Å². The van der Waals surface area contributed by atoms with Crippen LogP contribution in [-0.4, -0.2) is 18.6 Å². The van der Waals surface area contributed by atoms with Crippen LogP contribution < -0.4 is 5.32 Å². The largest absolute Gasteiger partial charge is 0.312 e. The van der Waals surface area contributed by atoms with Gasteiger partial charge >= 0.3 is 0 Å². The maximum atomic E-state index is 3.45. The van der Waals surface area contributed by atoms with Crippen LogP contribution in [-0.2, 0) is 0 Å². The minimum atomic E-state index is 0.472. The summed E-state index contributed by atoms with van der Waals surface area (Å²) in [5, 5.41) is 3.45. The number of nitrogens with one attached hydrogen (secondary N) is 1. The fourth-order valence-corrected chi connectivity index (χ4v) is 3.41. The fourth-order valence-electron chi connectivity index (χ4n) is 2.05. The molecule has 0 aliphatic rings. The van der Waals surface area contributed by atoms with Crippen molar-refractivity contribution in [3.8, 4) is 0 Å². The highest BCUT2D eigenvalue weighted by molar-refractivity contribution is 7.99. The first-order chi connectivity index (χ1) is 8.58. The predicted octanol–water partition coefficient (Wildman–Crippen LogP) is 4.34. The van der Waals surface area contributed by atoms with Crippen molar-refractivity contribution in [3.05, 3.63) is 34.9 Å². The van der Waals surface area contributed by atoms with E-state index in [0.717, 1.165) is 11.7 Å². The Hall–Kier alpha value is -0.470. The van der Waals surface area contributed by atoms with E-state index >= 15 is 0 Å². The molecule has 1 aromatic carbocycles. The second kappa shape index (κ2) is 7.85. The molecule has 0 spiro atoms. The maximum absolute atomic E-state index is 3.45. The van der Waals surface area contributed by atoms with Crippen LogP contribution in [0.2, 0.25) is 0 Å². The lowest BCUT2D eigenvalue weighted by molar-refractivity contribution is 0.629. The molecule has 0 radical (unpaired) electrons. The van der Waals surface area contributed by atoms with Crippen molar-refractivity contribution in [2.75, 3.05) is 18.6 Å². The lowest BCUT2D eigenvalue weighted by Gasteiger charge is -2.20. The zero-order valence-corrected chi connectivity index (χ0v) is 13.2. The van der Waals surface area contributed by atoms with Crippen LogP contribution in [0.25, 0.3) is 0 Å². The van der Waals surface area contributed by atoms with Gasteiger partial charge < -0.3 is 5.32 Å². The summed E-state index contributed by atoms with van der Waals surface area (Å²) >= 11 is 2.06. The van der Waals surface area contributed by atoms with Gasteiger partial charge in [0.1, 0.15) is 0 Å². The van der Waals surface area contributed by atoms with Crippen molar-refractivity contribution < 1.29 is 0 Å². The first-order valence-electron chi connectivity index (χ1n) is 6.90. The van der Waals surface area contributed by atoms with Gasteiger partial charge in [0, 0.05) is 11.8 Å². The molecule has 0 saturated carbocycles. The van der Waals surface area contributed by atoms with Gasteiger partial charge in [0.25, 0.3) is 0 Å². The van der Waals surface area contributed by atoms with Gasteiger partial charge in [-0.2, -0.15) is 11.8 Å². The number of hydrogen-bond donors (Lipinski definition) is 1. The molecular formula is C16H27NS. The molecule has 2 heteroatoms. The number of thioether (sulfide) groups is 1. The first kappa shape index (κ1) is 15.6. The monoisotopic (exact) mass is 265 g/mol. The van der Waals surface area contributed by atoms with Gasteiger partial charge in [-0.25, -0.2) is 0 Å². The molecule has 2 atom stereocenters. The van der Waals surface area contributed by atoms with Crippen LogP contribution in [0.1, 0.15) is 43.0 Å². The minimum absolute atomic E-state index is 0.472. The molecule has 1 rings (SSSR count). The summed E-state index contributed by atoms with van der Waals surface area (Å²) < 4.78 is 0. The van der Waals surface area contributed by atoms with Crippen LogP contribution in [0.15, 0.2) is 18.2 Å². The van der Waals surface area contributed by atoms with E-state index in [2.05, 4.69) is 70.0 Å². The van der Waals surface area contributed by atoms with Gasteiger partial charge in [0.05, 0.1) is 0 Å². The van der Waals surface area contributed by atoms with Crippen molar-refractivity contribution in [1.29, 1.82) is 0 Å². The van der Waals surface area contributed by atoms with Crippen molar-refractivity contribution in [1.82, 2.24) is 5.32 Å². The van der Waals surface area contributed by atoms with Gasteiger partial charge in [-0.3, -0.25) is 0 Å². The Morgan fingerprint density at radius 2 is 1.94 bits per heavy atom. The molecule has 1 aromatic rings. The smallest absolute Gasteiger partial charge is 0.0412 e. The molecule has 1 N–H and O–H groups in total. The second-order valence-electron chi connectivity index (χ2n) is 5.25. The zero-order valence-electron chi connectivity index (χ0n) is 12.4. The lowest BCUT2D eigenvalue weighted by atomic mass is 10.0. The summed E-state index contributed by atoms with van der Waals surface area (Å²) in [6, 6.07) is 7.24. The third-order valence-electron chi connectivity index (χ3n) is 3.53. The third-order valence-corrected chi connectivity index (χ3v) is 4.91. The summed E-state index contributed by atoms with van der Waals surface area (Å²) in [5.74, 6) is 3.25. The summed E-state index contributed by atoms with van der Waals surface area (Å²) in [4.78, 5) is 0. The second-order valence-corrected chi connectivity index (χ2v) is 6.33. The van der Waals surface area contributed by atoms with Gasteiger partial charge in [0.15, 0.2) is 0 Å². The van der Waals surface area contributed by atoms with E-state index in [9.17, 15) is 0 Å². The molecular weight excluding hydrogens is 238 g/mol. The topological polar surface area (TPSA) is 12.0 Å². The van der Waals surface area contributed by atoms with Crippen LogP contribution in [0.5, 0.6) is 0 Å². The van der Waals surface area contributed by atoms with Gasteiger partial charge in [0.2, 0.25) is 0 Å². The average Bonchev–Trinajstić information content (AvgIpc) is 2.35. The quantitative estimate of drug-likeness (QED) is 0.787. The van der Waals surface area contributed by atoms with Crippen LogP contribution in [0.4, 0.5) is 0 Å². The zero-order chi connectivity index (χ0) is 13.5. The van der Waals surface area contributed by atoms with Crippen molar-refractivity contribution in [2.45, 2.75) is 40.2 Å². The molecule has 0 aliphatic heterocycles. The standard InChI is InChI=1S/C16H27NS/c1-6-12(2)10-18-11-16(17-5)15-8-7-13(3)9-14(15)4/h7-9,12,16-17H,6,10-11H2,1-5H3. The molecule has 0 amide bonds. The average molecular weight is 265 g/mol. The van der Waals surface area contributed by atoms with E-state index in [1.54, 1.807) is 0 Å². The van der Waals surface area contributed by atoms with E-state index in [1.165, 1.54) is 28.9 Å². The molecule has 0 aromatic heterocycles. The predicted molar refractivity (Wildman–Crippen MR) is 84.5 cm³/mol. The lowest BCUT2D eigenvalue weighted by Crippen LogP contribution is -2.20. The SMILES string of the molecule is CCC(C)CSCC(NC)c1ccc(C)cc1C. The molecule has 1 nitrogen and oxygen atoms in total. The minimum Gasteiger partial charge on any atom is -0.312 e. The number of aryl methyl sites for hydroxylation is 2. The van der Waals surface area contributed by atoms with Crippen LogP contribution >= 0.6 is 11.8 Å². The van der Waals surface area contributed by atoms with E-state index in [1.807, 2.05) is 0 Å². The summed E-state index contributed by atoms with van der Waals surface area (Å²) in [6.45, 7) is 8.97. The van der Waals surface area contributed by atoms with E-state index in [4.69, 9.17) is 0 Å². The highest BCUT2D eigenvalue weighted by Crippen LogP contribution is 2.23. The Bertz CT molecular complexity index is 362. The first-order valence-corrected chi connectivity index (χ1v) is 8.06. The van der Waals surface area contributed by atoms with Gasteiger partial charge in [-0.05, 0) is 43.7 Å². The summed E-state index contributed by atoms with van der Waals surface area (Å²) in [7, 11) is 2.06. The van der Waals surface area contributed by atoms with Crippen LogP contribution in [0, 0.1) is 19.8 Å². The molecule has 0 bridgehead atoms. The van der Waals surface area contributed by atoms with Crippen molar-refractivity contribution in [2.24, 2.45) is 5.92 Å². The third kappa shape index (κ3) is 4.66. The van der Waals surface area contributed by atoms with E-state index < -0.39 is 0 Å². The highest BCUT2D eigenvalue weighted by atomic mass is 32.2. The van der Waals surface area contributed by atoms with E-state index in [-0.39, 0.29) is 0 Å². The molecule has 18 heavy (non-hydrogen) atoms. The molecule has 0 heterocycles. The summed E-state index contributed by atoms with van der Waals surface area (Å²) in [6.07, 6.45) is 1.28. The van der Waals surface area contributed by atoms with Gasteiger partial charge in [-0.15, -0.1) is 0 Å². The van der Waals surface area contributed by atoms with Gasteiger partial charge in [-0.1, -0.05) is 44.0 Å². The maximum Gasteiger partial charge on any atom is 0.0412 e. The molecule has 102 valence electrons. The fraction of sp³-hybridized carbons (Fsp3) is 0.625. The molecule has 2 unspecified atom stereocenters. The van der Waals surface area contributed by atoms with E-state index in [0.29, 0.717) is 6.04 Å². The number of rotatable bonds is 7.